The Labute approximate surface area is 184 Å². The Morgan fingerprint density at radius 3 is 2.58 bits per heavy atom. The molecule has 164 valence electrons. The Bertz CT molecular complexity index is 1350. The number of hydrogen-bond donors (Lipinski definition) is 1. The third kappa shape index (κ3) is 4.06. The number of pyridine rings is 1. The highest BCUT2D eigenvalue weighted by atomic mass is 35.5. The number of hydrogen-bond acceptors (Lipinski definition) is 7. The zero-order valence-corrected chi connectivity index (χ0v) is 18.7. The lowest BCUT2D eigenvalue weighted by Gasteiger charge is -2.26. The van der Waals surface area contributed by atoms with Crippen LogP contribution in [0.1, 0.15) is 41.4 Å². The molecule has 0 aliphatic carbocycles. The van der Waals surface area contributed by atoms with E-state index in [0.29, 0.717) is 41.1 Å². The monoisotopic (exact) mass is 464 g/mol. The largest absolute Gasteiger partial charge is 0.483 e. The van der Waals surface area contributed by atoms with Crippen LogP contribution in [0.5, 0.6) is 5.75 Å². The molecule has 0 saturated carbocycles. The van der Waals surface area contributed by atoms with Crippen LogP contribution in [0, 0.1) is 13.8 Å². The van der Waals surface area contributed by atoms with Gasteiger partial charge in [-0.05, 0) is 50.6 Å². The van der Waals surface area contributed by atoms with E-state index in [4.69, 9.17) is 30.6 Å². The number of aryl methyl sites for hydroxylation is 1. The summed E-state index contributed by atoms with van der Waals surface area (Å²) in [6.07, 6.45) is -0.678. The molecule has 2 aromatic heterocycles. The van der Waals surface area contributed by atoms with Gasteiger partial charge in [0.05, 0.1) is 24.5 Å². The fraction of sp³-hybridized carbons (Fsp3) is 0.333. The van der Waals surface area contributed by atoms with Gasteiger partial charge in [-0.1, -0.05) is 11.6 Å². The van der Waals surface area contributed by atoms with Crippen LogP contribution in [0.15, 0.2) is 38.5 Å². The maximum atomic E-state index is 13.0. The first kappa shape index (κ1) is 21.8. The second-order valence-corrected chi connectivity index (χ2v) is 9.49. The van der Waals surface area contributed by atoms with Crippen molar-refractivity contribution in [2.45, 2.75) is 37.8 Å². The van der Waals surface area contributed by atoms with E-state index in [-0.39, 0.29) is 22.2 Å². The number of fused-ring (bicyclic) bond motifs is 1. The van der Waals surface area contributed by atoms with E-state index in [1.54, 1.807) is 19.9 Å². The number of ether oxygens (including phenoxy) is 2. The lowest BCUT2D eigenvalue weighted by atomic mass is 9.97. The molecule has 1 aromatic carbocycles. The summed E-state index contributed by atoms with van der Waals surface area (Å²) in [6.45, 7) is 6.32. The fourth-order valence-electron chi connectivity index (χ4n) is 3.62. The Balaban J connectivity index is 1.85. The Hall–Kier alpha value is -2.46. The van der Waals surface area contributed by atoms with Crippen molar-refractivity contribution in [3.05, 3.63) is 62.1 Å². The van der Waals surface area contributed by atoms with Crippen LogP contribution in [0.2, 0.25) is 5.15 Å². The average Bonchev–Trinajstić information content (AvgIpc) is 2.65. The molecule has 3 heterocycles. The van der Waals surface area contributed by atoms with Crippen molar-refractivity contribution in [2.75, 3.05) is 13.2 Å². The zero-order chi connectivity index (χ0) is 22.5. The molecule has 0 amide bonds. The molecule has 1 atom stereocenters. The number of rotatable bonds is 5. The Morgan fingerprint density at radius 2 is 1.97 bits per heavy atom. The van der Waals surface area contributed by atoms with Crippen molar-refractivity contribution in [3.8, 4) is 5.75 Å². The first-order chi connectivity index (χ1) is 14.6. The highest BCUT2D eigenvalue weighted by Gasteiger charge is 2.28. The molecule has 2 N–H and O–H groups in total. The maximum Gasteiger partial charge on any atom is 0.259 e. The minimum absolute atomic E-state index is 0.0249. The smallest absolute Gasteiger partial charge is 0.259 e. The number of nitrogens with two attached hydrogens (primary N) is 1. The molecule has 1 unspecified atom stereocenters. The molecule has 1 saturated heterocycles. The quantitative estimate of drug-likeness (QED) is 0.574. The van der Waals surface area contributed by atoms with Gasteiger partial charge in [-0.2, -0.15) is 0 Å². The Morgan fingerprint density at radius 1 is 1.26 bits per heavy atom. The standard InChI is InChI=1S/C21H21ClN2O6S/c1-10-6-14(12(3)29-16-4-5-17(22)24-21(16)31(23,26)27)20-15(7-10)18(25)11(2)19(30-20)13-8-28-9-13/h4-7,12-13H,8-9H2,1-3H3,(H2,23,26,27). The summed E-state index contributed by atoms with van der Waals surface area (Å²) in [4.78, 5) is 16.8. The molecular formula is C21H21ClN2O6S. The van der Waals surface area contributed by atoms with Gasteiger partial charge in [-0.3, -0.25) is 4.79 Å². The third-order valence-electron chi connectivity index (χ3n) is 5.24. The summed E-state index contributed by atoms with van der Waals surface area (Å²) >= 11 is 5.83. The maximum absolute atomic E-state index is 13.0. The van der Waals surface area contributed by atoms with E-state index in [1.807, 2.05) is 13.0 Å². The van der Waals surface area contributed by atoms with Crippen LogP contribution in [0.3, 0.4) is 0 Å². The second-order valence-electron chi connectivity index (χ2n) is 7.63. The molecule has 4 rings (SSSR count). The van der Waals surface area contributed by atoms with Crippen LogP contribution in [0.25, 0.3) is 11.0 Å². The van der Waals surface area contributed by atoms with Gasteiger partial charge in [0.2, 0.25) is 5.03 Å². The molecular weight excluding hydrogens is 444 g/mol. The molecule has 1 aliphatic heterocycles. The SMILES string of the molecule is Cc1cc(C(C)Oc2ccc(Cl)nc2S(N)(=O)=O)c2oc(C3COC3)c(C)c(=O)c2c1. The van der Waals surface area contributed by atoms with Crippen molar-refractivity contribution in [3.63, 3.8) is 0 Å². The molecule has 10 heteroatoms. The number of nitrogens with zero attached hydrogens (tertiary/aromatic N) is 1. The predicted molar refractivity (Wildman–Crippen MR) is 115 cm³/mol. The third-order valence-corrected chi connectivity index (χ3v) is 6.28. The van der Waals surface area contributed by atoms with Gasteiger partial charge >= 0.3 is 0 Å². The van der Waals surface area contributed by atoms with E-state index in [9.17, 15) is 13.2 Å². The average molecular weight is 465 g/mol. The number of halogens is 1. The number of benzene rings is 1. The highest BCUT2D eigenvalue weighted by Crippen LogP contribution is 2.34. The molecule has 8 nitrogen and oxygen atoms in total. The highest BCUT2D eigenvalue weighted by molar-refractivity contribution is 7.89. The summed E-state index contributed by atoms with van der Waals surface area (Å²) in [5.74, 6) is 0.576. The second kappa shape index (κ2) is 7.90. The summed E-state index contributed by atoms with van der Waals surface area (Å²) in [7, 11) is -4.17. The molecule has 31 heavy (non-hydrogen) atoms. The van der Waals surface area contributed by atoms with Gasteiger partial charge in [0.1, 0.15) is 22.6 Å². The van der Waals surface area contributed by atoms with Crippen molar-refractivity contribution in [2.24, 2.45) is 5.14 Å². The molecule has 0 radical (unpaired) electrons. The number of primary sulfonamides is 1. The van der Waals surface area contributed by atoms with Crippen molar-refractivity contribution < 1.29 is 22.3 Å². The molecule has 1 aliphatic rings. The molecule has 1 fully saturated rings. The summed E-state index contributed by atoms with van der Waals surface area (Å²) in [6, 6.07) is 6.41. The minimum atomic E-state index is -4.17. The predicted octanol–water partition coefficient (Wildman–Crippen LogP) is 3.36. The molecule has 3 aromatic rings. The van der Waals surface area contributed by atoms with Gasteiger partial charge in [-0.15, -0.1) is 0 Å². The van der Waals surface area contributed by atoms with Crippen molar-refractivity contribution >= 4 is 32.6 Å². The molecule has 0 spiro atoms. The molecule has 0 bridgehead atoms. The zero-order valence-electron chi connectivity index (χ0n) is 17.1. The topological polar surface area (TPSA) is 122 Å². The van der Waals surface area contributed by atoms with E-state index in [2.05, 4.69) is 4.98 Å². The van der Waals surface area contributed by atoms with Crippen LogP contribution in [-0.2, 0) is 14.8 Å². The van der Waals surface area contributed by atoms with Gasteiger partial charge < -0.3 is 13.9 Å². The summed E-state index contributed by atoms with van der Waals surface area (Å²) in [5.41, 5.74) is 2.28. The van der Waals surface area contributed by atoms with Gasteiger partial charge in [0, 0.05) is 11.1 Å². The first-order valence-electron chi connectivity index (χ1n) is 9.58. The van der Waals surface area contributed by atoms with Crippen LogP contribution >= 0.6 is 11.6 Å². The van der Waals surface area contributed by atoms with E-state index < -0.39 is 21.2 Å². The van der Waals surface area contributed by atoms with E-state index in [0.717, 1.165) is 5.56 Å². The van der Waals surface area contributed by atoms with Crippen molar-refractivity contribution in [1.82, 2.24) is 4.98 Å². The normalized spacial score (nSPS) is 15.6. The van der Waals surface area contributed by atoms with Gasteiger partial charge in [0.25, 0.3) is 10.0 Å². The Kier molecular flexibility index (Phi) is 5.55. The first-order valence-corrected chi connectivity index (χ1v) is 11.5. The van der Waals surface area contributed by atoms with Crippen LogP contribution in [-0.4, -0.2) is 26.6 Å². The van der Waals surface area contributed by atoms with Crippen molar-refractivity contribution in [1.29, 1.82) is 0 Å². The number of sulfonamides is 1. The van der Waals surface area contributed by atoms with Gasteiger partial charge in [0.15, 0.2) is 11.2 Å². The van der Waals surface area contributed by atoms with E-state index >= 15 is 0 Å². The lowest BCUT2D eigenvalue weighted by Crippen LogP contribution is -2.27. The lowest BCUT2D eigenvalue weighted by molar-refractivity contribution is -0.000426. The summed E-state index contributed by atoms with van der Waals surface area (Å²) < 4.78 is 41.2. The fourth-order valence-corrected chi connectivity index (χ4v) is 4.44. The summed E-state index contributed by atoms with van der Waals surface area (Å²) in [5, 5.41) is 5.21. The van der Waals surface area contributed by atoms with Gasteiger partial charge in [-0.25, -0.2) is 18.5 Å². The number of aromatic nitrogens is 1. The van der Waals surface area contributed by atoms with E-state index in [1.165, 1.54) is 12.1 Å². The van der Waals surface area contributed by atoms with Crippen LogP contribution in [0.4, 0.5) is 0 Å². The minimum Gasteiger partial charge on any atom is -0.483 e. The van der Waals surface area contributed by atoms with Crippen LogP contribution < -0.4 is 15.3 Å².